The first kappa shape index (κ1) is 9.83. The molecule has 2 atom stereocenters. The summed E-state index contributed by atoms with van der Waals surface area (Å²) < 4.78 is 0. The smallest absolute Gasteiger partial charge is 0.136 e. The first-order valence-electron chi connectivity index (χ1n) is 6.53. The average molecular weight is 207 g/mol. The summed E-state index contributed by atoms with van der Waals surface area (Å²) in [6, 6.07) is 0. The van der Waals surface area contributed by atoms with Gasteiger partial charge in [0.2, 0.25) is 0 Å². The highest BCUT2D eigenvalue weighted by molar-refractivity contribution is 5.82. The first-order chi connectivity index (χ1) is 7.29. The molecule has 0 aromatic rings. The third-order valence-corrected chi connectivity index (χ3v) is 4.99. The van der Waals surface area contributed by atoms with Crippen LogP contribution in [0.1, 0.15) is 44.9 Å². The van der Waals surface area contributed by atoms with Crippen molar-refractivity contribution in [3.05, 3.63) is 0 Å². The third-order valence-electron chi connectivity index (χ3n) is 4.99. The molecule has 0 amide bonds. The van der Waals surface area contributed by atoms with Crippen LogP contribution in [0.4, 0.5) is 0 Å². The van der Waals surface area contributed by atoms with Gasteiger partial charge < -0.3 is 5.32 Å². The van der Waals surface area contributed by atoms with Gasteiger partial charge in [0.05, 0.1) is 0 Å². The molecule has 1 spiro atoms. The Morgan fingerprint density at radius 1 is 1.20 bits per heavy atom. The van der Waals surface area contributed by atoms with Crippen LogP contribution in [-0.4, -0.2) is 18.9 Å². The van der Waals surface area contributed by atoms with Gasteiger partial charge in [-0.1, -0.05) is 0 Å². The van der Waals surface area contributed by atoms with Gasteiger partial charge in [-0.3, -0.25) is 4.79 Å². The minimum Gasteiger partial charge on any atom is -0.317 e. The Morgan fingerprint density at radius 3 is 2.73 bits per heavy atom. The summed E-state index contributed by atoms with van der Waals surface area (Å²) in [4.78, 5) is 11.9. The van der Waals surface area contributed by atoms with Crippen molar-refractivity contribution in [2.75, 3.05) is 13.1 Å². The first-order valence-corrected chi connectivity index (χ1v) is 6.53. The molecule has 0 aromatic heterocycles. The standard InChI is InChI=1S/C13H21NO/c15-12-3-1-2-10-8-13(9-11(10)12)4-6-14-7-5-13/h10-11,14H,1-9H2. The van der Waals surface area contributed by atoms with Crippen LogP contribution < -0.4 is 5.32 Å². The summed E-state index contributed by atoms with van der Waals surface area (Å²) in [5.74, 6) is 1.79. The summed E-state index contributed by atoms with van der Waals surface area (Å²) in [7, 11) is 0. The number of fused-ring (bicyclic) bond motifs is 1. The number of hydrogen-bond acceptors (Lipinski definition) is 2. The van der Waals surface area contributed by atoms with Crippen LogP contribution in [-0.2, 0) is 4.79 Å². The lowest BCUT2D eigenvalue weighted by atomic mass is 9.76. The number of hydrogen-bond donors (Lipinski definition) is 1. The maximum absolute atomic E-state index is 11.9. The Hall–Kier alpha value is -0.370. The molecule has 1 N–H and O–H groups in total. The number of piperidine rings is 1. The van der Waals surface area contributed by atoms with Crippen LogP contribution >= 0.6 is 0 Å². The molecule has 0 aromatic carbocycles. The molecule has 1 aliphatic heterocycles. The minimum absolute atomic E-state index is 0.455. The average Bonchev–Trinajstić information content (AvgIpc) is 2.59. The van der Waals surface area contributed by atoms with Gasteiger partial charge in [-0.2, -0.15) is 0 Å². The Labute approximate surface area is 91.8 Å². The van der Waals surface area contributed by atoms with Crippen LogP contribution in [0.3, 0.4) is 0 Å². The fourth-order valence-electron chi connectivity index (χ4n) is 4.18. The molecule has 1 saturated heterocycles. The molecule has 2 heteroatoms. The predicted molar refractivity (Wildman–Crippen MR) is 59.6 cm³/mol. The van der Waals surface area contributed by atoms with E-state index >= 15 is 0 Å². The summed E-state index contributed by atoms with van der Waals surface area (Å²) in [5.41, 5.74) is 0.556. The number of Topliss-reactive ketones (excluding diaryl/α,β-unsaturated/α-hetero) is 1. The van der Waals surface area contributed by atoms with Gasteiger partial charge in [-0.15, -0.1) is 0 Å². The second kappa shape index (κ2) is 3.58. The van der Waals surface area contributed by atoms with Gasteiger partial charge in [0.1, 0.15) is 5.78 Å². The van der Waals surface area contributed by atoms with Crippen molar-refractivity contribution in [2.24, 2.45) is 17.3 Å². The van der Waals surface area contributed by atoms with E-state index in [0.29, 0.717) is 17.1 Å². The summed E-state index contributed by atoms with van der Waals surface area (Å²) >= 11 is 0. The van der Waals surface area contributed by atoms with Crippen molar-refractivity contribution in [2.45, 2.75) is 44.9 Å². The highest BCUT2D eigenvalue weighted by Gasteiger charge is 2.48. The maximum atomic E-state index is 11.9. The molecule has 2 nitrogen and oxygen atoms in total. The van der Waals surface area contributed by atoms with Crippen LogP contribution in [0.15, 0.2) is 0 Å². The molecule has 2 unspecified atom stereocenters. The molecular weight excluding hydrogens is 186 g/mol. The zero-order valence-corrected chi connectivity index (χ0v) is 9.43. The van der Waals surface area contributed by atoms with Gasteiger partial charge in [-0.25, -0.2) is 0 Å². The van der Waals surface area contributed by atoms with Gasteiger partial charge in [-0.05, 0) is 62.9 Å². The van der Waals surface area contributed by atoms with E-state index in [1.165, 1.54) is 45.2 Å². The number of carbonyl (C=O) groups is 1. The molecular formula is C13H21NO. The van der Waals surface area contributed by atoms with Crippen molar-refractivity contribution >= 4 is 5.78 Å². The van der Waals surface area contributed by atoms with Crippen LogP contribution in [0.5, 0.6) is 0 Å². The predicted octanol–water partition coefficient (Wildman–Crippen LogP) is 2.14. The van der Waals surface area contributed by atoms with E-state index in [0.717, 1.165) is 18.8 Å². The normalized spacial score (nSPS) is 39.3. The lowest BCUT2D eigenvalue weighted by Crippen LogP contribution is -2.35. The summed E-state index contributed by atoms with van der Waals surface area (Å²) in [5, 5.41) is 3.44. The van der Waals surface area contributed by atoms with E-state index in [4.69, 9.17) is 0 Å². The van der Waals surface area contributed by atoms with Crippen LogP contribution in [0.25, 0.3) is 0 Å². The fraction of sp³-hybridized carbons (Fsp3) is 0.923. The lowest BCUT2D eigenvalue weighted by molar-refractivity contribution is -0.125. The number of ketones is 1. The van der Waals surface area contributed by atoms with E-state index < -0.39 is 0 Å². The minimum atomic E-state index is 0.455. The maximum Gasteiger partial charge on any atom is 0.136 e. The quantitative estimate of drug-likeness (QED) is 0.659. The second-order valence-corrected chi connectivity index (χ2v) is 5.88. The van der Waals surface area contributed by atoms with Gasteiger partial charge in [0.15, 0.2) is 0 Å². The van der Waals surface area contributed by atoms with E-state index in [2.05, 4.69) is 5.32 Å². The molecule has 1 heterocycles. The Morgan fingerprint density at radius 2 is 2.00 bits per heavy atom. The van der Waals surface area contributed by atoms with Crippen molar-refractivity contribution in [1.29, 1.82) is 0 Å². The van der Waals surface area contributed by atoms with Gasteiger partial charge in [0, 0.05) is 12.3 Å². The zero-order chi connectivity index (χ0) is 10.3. The highest BCUT2D eigenvalue weighted by Crippen LogP contribution is 2.54. The molecule has 3 fully saturated rings. The van der Waals surface area contributed by atoms with E-state index in [-0.39, 0.29) is 0 Å². The molecule has 0 radical (unpaired) electrons. The third kappa shape index (κ3) is 1.63. The highest BCUT2D eigenvalue weighted by atomic mass is 16.1. The van der Waals surface area contributed by atoms with Gasteiger partial charge in [0.25, 0.3) is 0 Å². The fourth-order valence-corrected chi connectivity index (χ4v) is 4.18. The Balaban J connectivity index is 1.77. The van der Waals surface area contributed by atoms with Crippen molar-refractivity contribution in [1.82, 2.24) is 5.32 Å². The molecule has 3 aliphatic rings. The van der Waals surface area contributed by atoms with Crippen molar-refractivity contribution in [3.8, 4) is 0 Å². The van der Waals surface area contributed by atoms with E-state index in [9.17, 15) is 4.79 Å². The second-order valence-electron chi connectivity index (χ2n) is 5.88. The lowest BCUT2D eigenvalue weighted by Gasteiger charge is -2.34. The van der Waals surface area contributed by atoms with Crippen molar-refractivity contribution in [3.63, 3.8) is 0 Å². The zero-order valence-electron chi connectivity index (χ0n) is 9.43. The molecule has 3 rings (SSSR count). The molecule has 84 valence electrons. The van der Waals surface area contributed by atoms with E-state index in [1.807, 2.05) is 0 Å². The SMILES string of the molecule is O=C1CCCC2CC3(CCNCC3)CC12. The topological polar surface area (TPSA) is 29.1 Å². The number of carbonyl (C=O) groups excluding carboxylic acids is 1. The molecule has 15 heavy (non-hydrogen) atoms. The molecule has 2 aliphatic carbocycles. The Bertz CT molecular complexity index is 268. The summed E-state index contributed by atoms with van der Waals surface area (Å²) in [6.45, 7) is 2.35. The molecule has 2 saturated carbocycles. The number of nitrogens with one attached hydrogen (secondary N) is 1. The molecule has 0 bridgehead atoms. The van der Waals surface area contributed by atoms with E-state index in [1.54, 1.807) is 0 Å². The van der Waals surface area contributed by atoms with Crippen LogP contribution in [0, 0.1) is 17.3 Å². The number of rotatable bonds is 0. The van der Waals surface area contributed by atoms with Gasteiger partial charge >= 0.3 is 0 Å². The van der Waals surface area contributed by atoms with Crippen molar-refractivity contribution < 1.29 is 4.79 Å². The summed E-state index contributed by atoms with van der Waals surface area (Å²) in [6.07, 6.45) is 8.55. The van der Waals surface area contributed by atoms with Crippen LogP contribution in [0.2, 0.25) is 0 Å². The monoisotopic (exact) mass is 207 g/mol. The Kier molecular flexibility index (Phi) is 2.35. The largest absolute Gasteiger partial charge is 0.317 e.